The van der Waals surface area contributed by atoms with Gasteiger partial charge < -0.3 is 5.32 Å². The highest BCUT2D eigenvalue weighted by Gasteiger charge is 2.35. The highest BCUT2D eigenvalue weighted by molar-refractivity contribution is 5.21. The number of likely N-dealkylation sites (N-methyl/N-ethyl adjacent to an activating group) is 1. The van der Waals surface area contributed by atoms with Gasteiger partial charge >= 0.3 is 0 Å². The largest absolute Gasteiger partial charge is 0.312 e. The third kappa shape index (κ3) is 3.18. The molecule has 1 N–H and O–H groups in total. The Morgan fingerprint density at radius 2 is 1.89 bits per heavy atom. The first-order valence-electron chi connectivity index (χ1n) is 7.63. The number of benzene rings is 1. The Morgan fingerprint density at radius 3 is 2.37 bits per heavy atom. The Balaban J connectivity index is 2.26. The van der Waals surface area contributed by atoms with E-state index in [4.69, 9.17) is 0 Å². The van der Waals surface area contributed by atoms with E-state index in [9.17, 15) is 0 Å². The van der Waals surface area contributed by atoms with Crippen LogP contribution >= 0.6 is 0 Å². The predicted molar refractivity (Wildman–Crippen MR) is 82.3 cm³/mol. The number of rotatable bonds is 5. The van der Waals surface area contributed by atoms with Crippen LogP contribution in [0.15, 0.2) is 30.3 Å². The lowest BCUT2D eigenvalue weighted by molar-refractivity contribution is 0.114. The molecule has 0 aliphatic carbocycles. The molecule has 3 unspecified atom stereocenters. The molecule has 3 atom stereocenters. The molecule has 0 radical (unpaired) electrons. The SMILES string of the molecule is CNC(c1ccccc1)C(C(C)C)N1CCCC1C. The van der Waals surface area contributed by atoms with Crippen LogP contribution in [0.2, 0.25) is 0 Å². The lowest BCUT2D eigenvalue weighted by Crippen LogP contribution is -2.48. The molecule has 2 rings (SSSR count). The molecule has 1 aromatic rings. The second-order valence-electron chi connectivity index (χ2n) is 6.14. The summed E-state index contributed by atoms with van der Waals surface area (Å²) in [5, 5.41) is 3.56. The second-order valence-corrected chi connectivity index (χ2v) is 6.14. The van der Waals surface area contributed by atoms with Crippen molar-refractivity contribution in [2.75, 3.05) is 13.6 Å². The maximum atomic E-state index is 3.56. The minimum Gasteiger partial charge on any atom is -0.312 e. The van der Waals surface area contributed by atoms with Crippen LogP contribution in [0.3, 0.4) is 0 Å². The Kier molecular flexibility index (Phi) is 5.00. The summed E-state index contributed by atoms with van der Waals surface area (Å²) in [6, 6.07) is 12.6. The van der Waals surface area contributed by atoms with Gasteiger partial charge in [0.1, 0.15) is 0 Å². The Labute approximate surface area is 118 Å². The topological polar surface area (TPSA) is 15.3 Å². The van der Waals surface area contributed by atoms with Gasteiger partial charge in [-0.2, -0.15) is 0 Å². The predicted octanol–water partition coefficient (Wildman–Crippen LogP) is 3.46. The van der Waals surface area contributed by atoms with Gasteiger partial charge in [0, 0.05) is 18.1 Å². The van der Waals surface area contributed by atoms with Crippen molar-refractivity contribution in [3.05, 3.63) is 35.9 Å². The average molecular weight is 260 g/mol. The van der Waals surface area contributed by atoms with Gasteiger partial charge in [0.25, 0.3) is 0 Å². The molecule has 1 saturated heterocycles. The van der Waals surface area contributed by atoms with Crippen molar-refractivity contribution in [1.29, 1.82) is 0 Å². The van der Waals surface area contributed by atoms with Crippen molar-refractivity contribution in [3.63, 3.8) is 0 Å². The van der Waals surface area contributed by atoms with E-state index in [2.05, 4.69) is 68.4 Å². The van der Waals surface area contributed by atoms with Crippen LogP contribution in [0.4, 0.5) is 0 Å². The molecule has 0 aromatic heterocycles. The zero-order valence-corrected chi connectivity index (χ0v) is 12.8. The fraction of sp³-hybridized carbons (Fsp3) is 0.647. The summed E-state index contributed by atoms with van der Waals surface area (Å²) >= 11 is 0. The Hall–Kier alpha value is -0.860. The summed E-state index contributed by atoms with van der Waals surface area (Å²) in [7, 11) is 2.09. The second kappa shape index (κ2) is 6.53. The van der Waals surface area contributed by atoms with Crippen molar-refractivity contribution in [2.24, 2.45) is 5.92 Å². The minimum absolute atomic E-state index is 0.418. The first-order chi connectivity index (χ1) is 9.15. The van der Waals surface area contributed by atoms with E-state index < -0.39 is 0 Å². The van der Waals surface area contributed by atoms with Gasteiger partial charge in [-0.1, -0.05) is 44.2 Å². The molecule has 1 aliphatic heterocycles. The fourth-order valence-electron chi connectivity index (χ4n) is 3.55. The summed E-state index contributed by atoms with van der Waals surface area (Å²) in [4.78, 5) is 2.71. The minimum atomic E-state index is 0.418. The summed E-state index contributed by atoms with van der Waals surface area (Å²) < 4.78 is 0. The van der Waals surface area contributed by atoms with Crippen LogP contribution in [0.25, 0.3) is 0 Å². The molecule has 0 saturated carbocycles. The maximum absolute atomic E-state index is 3.56. The smallest absolute Gasteiger partial charge is 0.0478 e. The van der Waals surface area contributed by atoms with Crippen LogP contribution in [0.1, 0.15) is 45.2 Å². The molecule has 1 fully saturated rings. The molecule has 106 valence electrons. The molecular formula is C17H28N2. The maximum Gasteiger partial charge on any atom is 0.0478 e. The number of nitrogens with zero attached hydrogens (tertiary/aromatic N) is 1. The fourth-order valence-corrected chi connectivity index (χ4v) is 3.55. The molecule has 1 aliphatic rings. The molecule has 2 nitrogen and oxygen atoms in total. The van der Waals surface area contributed by atoms with E-state index in [0.29, 0.717) is 24.0 Å². The molecule has 1 aromatic carbocycles. The average Bonchev–Trinajstić information content (AvgIpc) is 2.82. The molecule has 19 heavy (non-hydrogen) atoms. The first kappa shape index (κ1) is 14.5. The third-order valence-electron chi connectivity index (χ3n) is 4.48. The first-order valence-corrected chi connectivity index (χ1v) is 7.63. The van der Waals surface area contributed by atoms with Crippen LogP contribution in [0, 0.1) is 5.92 Å². The summed E-state index contributed by atoms with van der Waals surface area (Å²) in [6.45, 7) is 8.32. The van der Waals surface area contributed by atoms with Gasteiger partial charge in [0.2, 0.25) is 0 Å². The normalized spacial score (nSPS) is 23.7. The lowest BCUT2D eigenvalue weighted by Gasteiger charge is -2.40. The molecule has 1 heterocycles. The van der Waals surface area contributed by atoms with E-state index in [0.717, 1.165) is 0 Å². The van der Waals surface area contributed by atoms with E-state index in [1.807, 2.05) is 0 Å². The Bertz CT molecular complexity index is 374. The zero-order chi connectivity index (χ0) is 13.8. The third-order valence-corrected chi connectivity index (χ3v) is 4.48. The molecule has 0 bridgehead atoms. The molecule has 2 heteroatoms. The van der Waals surface area contributed by atoms with E-state index in [-0.39, 0.29) is 0 Å². The highest BCUT2D eigenvalue weighted by Crippen LogP contribution is 2.31. The summed E-state index contributed by atoms with van der Waals surface area (Å²) in [5.41, 5.74) is 1.41. The quantitative estimate of drug-likeness (QED) is 0.872. The molecular weight excluding hydrogens is 232 g/mol. The van der Waals surface area contributed by atoms with Gasteiger partial charge in [-0.25, -0.2) is 0 Å². The number of nitrogens with one attached hydrogen (secondary N) is 1. The Morgan fingerprint density at radius 1 is 1.21 bits per heavy atom. The number of likely N-dealkylation sites (tertiary alicyclic amines) is 1. The number of hydrogen-bond acceptors (Lipinski definition) is 2. The lowest BCUT2D eigenvalue weighted by atomic mass is 9.89. The zero-order valence-electron chi connectivity index (χ0n) is 12.8. The number of hydrogen-bond donors (Lipinski definition) is 1. The van der Waals surface area contributed by atoms with Gasteiger partial charge in [-0.3, -0.25) is 4.90 Å². The van der Waals surface area contributed by atoms with Crippen LogP contribution in [0.5, 0.6) is 0 Å². The van der Waals surface area contributed by atoms with Crippen LogP contribution < -0.4 is 5.32 Å². The summed E-state index contributed by atoms with van der Waals surface area (Å²) in [6.07, 6.45) is 2.68. The van der Waals surface area contributed by atoms with E-state index in [1.165, 1.54) is 24.9 Å². The standard InChI is InChI=1S/C17H28N2/c1-13(2)17(19-12-8-9-14(19)3)16(18-4)15-10-6-5-7-11-15/h5-7,10-11,13-14,16-18H,8-9,12H2,1-4H3. The van der Waals surface area contributed by atoms with E-state index in [1.54, 1.807) is 0 Å². The van der Waals surface area contributed by atoms with Crippen LogP contribution in [-0.4, -0.2) is 30.6 Å². The van der Waals surface area contributed by atoms with Crippen LogP contribution in [-0.2, 0) is 0 Å². The molecule has 0 spiro atoms. The highest BCUT2D eigenvalue weighted by atomic mass is 15.2. The van der Waals surface area contributed by atoms with Crippen molar-refractivity contribution in [1.82, 2.24) is 10.2 Å². The molecule has 0 amide bonds. The van der Waals surface area contributed by atoms with Crippen molar-refractivity contribution < 1.29 is 0 Å². The van der Waals surface area contributed by atoms with Gasteiger partial charge in [0.05, 0.1) is 0 Å². The van der Waals surface area contributed by atoms with Gasteiger partial charge in [-0.15, -0.1) is 0 Å². The van der Waals surface area contributed by atoms with Crippen molar-refractivity contribution in [3.8, 4) is 0 Å². The van der Waals surface area contributed by atoms with Gasteiger partial charge in [0.15, 0.2) is 0 Å². The van der Waals surface area contributed by atoms with E-state index >= 15 is 0 Å². The van der Waals surface area contributed by atoms with Gasteiger partial charge in [-0.05, 0) is 44.8 Å². The van der Waals surface area contributed by atoms with Crippen molar-refractivity contribution in [2.45, 2.75) is 51.7 Å². The summed E-state index contributed by atoms with van der Waals surface area (Å²) in [5.74, 6) is 0.651. The monoisotopic (exact) mass is 260 g/mol. The van der Waals surface area contributed by atoms with Crippen molar-refractivity contribution >= 4 is 0 Å².